The number of nitrogens with zero attached hydrogens (tertiary/aromatic N) is 1. The SMILES string of the molecule is CSC(=O)OCc1ccc(NC(=O)[C@H](C)NC(=O)[C@@H](NC(=O)CCCCCN2C(=O)C=CC2=O)C(C)C)cc1C#CCOCCCS(=O)(=O)O. The van der Waals surface area contributed by atoms with Crippen LogP contribution in [0.1, 0.15) is 64.0 Å². The number of thioether (sulfide) groups is 1. The van der Waals surface area contributed by atoms with Crippen LogP contribution in [-0.2, 0) is 50.2 Å². The number of unbranched alkanes of at least 4 members (excludes halogenated alkanes) is 2. The van der Waals surface area contributed by atoms with Crippen LogP contribution in [0.2, 0.25) is 0 Å². The van der Waals surface area contributed by atoms with Gasteiger partial charge in [0.2, 0.25) is 17.7 Å². The molecule has 0 radical (unpaired) electrons. The van der Waals surface area contributed by atoms with E-state index in [-0.39, 0.29) is 62.8 Å². The lowest BCUT2D eigenvalue weighted by Gasteiger charge is -2.24. The average molecular weight is 737 g/mol. The van der Waals surface area contributed by atoms with Crippen LogP contribution >= 0.6 is 11.8 Å². The van der Waals surface area contributed by atoms with Crippen molar-refractivity contribution < 1.29 is 51.2 Å². The Balaban J connectivity index is 1.94. The quantitative estimate of drug-likeness (QED) is 0.0530. The van der Waals surface area contributed by atoms with Crippen LogP contribution in [0.15, 0.2) is 30.4 Å². The molecule has 0 saturated carbocycles. The molecule has 0 bridgehead atoms. The van der Waals surface area contributed by atoms with Gasteiger partial charge in [0.05, 0.1) is 5.75 Å². The molecule has 0 fully saturated rings. The van der Waals surface area contributed by atoms with Crippen molar-refractivity contribution in [3.05, 3.63) is 41.5 Å². The van der Waals surface area contributed by atoms with E-state index in [1.54, 1.807) is 38.3 Å². The summed E-state index contributed by atoms with van der Waals surface area (Å²) in [5.74, 6) is 2.83. The van der Waals surface area contributed by atoms with Crippen molar-refractivity contribution in [2.75, 3.05) is 37.1 Å². The first-order valence-electron chi connectivity index (χ1n) is 15.9. The normalized spacial score (nSPS) is 13.8. The van der Waals surface area contributed by atoms with E-state index < -0.39 is 45.1 Å². The lowest BCUT2D eigenvalue weighted by atomic mass is 10.0. The van der Waals surface area contributed by atoms with Crippen LogP contribution in [0, 0.1) is 17.8 Å². The molecule has 0 aromatic heterocycles. The number of anilines is 1. The largest absolute Gasteiger partial charge is 0.453 e. The lowest BCUT2D eigenvalue weighted by molar-refractivity contribution is -0.137. The number of hydrogen-bond acceptors (Lipinski definition) is 11. The van der Waals surface area contributed by atoms with Crippen LogP contribution < -0.4 is 16.0 Å². The summed E-state index contributed by atoms with van der Waals surface area (Å²) in [5.41, 5.74) is 1.32. The third-order valence-corrected chi connectivity index (χ3v) is 8.44. The highest BCUT2D eigenvalue weighted by Gasteiger charge is 2.27. The summed E-state index contributed by atoms with van der Waals surface area (Å²) in [7, 11) is -4.08. The molecule has 1 aliphatic rings. The number of benzene rings is 1. The highest BCUT2D eigenvalue weighted by Crippen LogP contribution is 2.18. The summed E-state index contributed by atoms with van der Waals surface area (Å²) in [6.45, 7) is 5.21. The van der Waals surface area contributed by atoms with Crippen LogP contribution in [-0.4, -0.2) is 96.6 Å². The Morgan fingerprint density at radius 3 is 2.32 bits per heavy atom. The third kappa shape index (κ3) is 15.5. The Hall–Kier alpha value is -4.24. The standard InChI is InChI=1S/C33H44N4O11S2/c1-22(2)30(36-27(38)11-6-5-7-16-37-28(39)14-15-29(37)40)32(42)34-23(3)31(41)35-26-13-12-25(21-48-33(43)49-4)24(20-26)10-8-17-47-18-9-19-50(44,45)46/h12-15,20,22-23,30H,5-7,9,11,16-19,21H2,1-4H3,(H,34,42)(H,35,41)(H,36,38)(H,44,45,46)/t23-,30-/m0/s1. The van der Waals surface area contributed by atoms with Gasteiger partial charge in [-0.1, -0.05) is 38.2 Å². The van der Waals surface area contributed by atoms with E-state index in [0.717, 1.165) is 16.7 Å². The summed E-state index contributed by atoms with van der Waals surface area (Å²) in [6.07, 6.45) is 5.90. The highest BCUT2D eigenvalue weighted by molar-refractivity contribution is 8.12. The second-order valence-electron chi connectivity index (χ2n) is 11.6. The first-order chi connectivity index (χ1) is 23.6. The van der Waals surface area contributed by atoms with Gasteiger partial charge in [-0.15, -0.1) is 0 Å². The topological polar surface area (TPSA) is 215 Å². The summed E-state index contributed by atoms with van der Waals surface area (Å²) in [4.78, 5) is 74.8. The van der Waals surface area contributed by atoms with Gasteiger partial charge in [0.15, 0.2) is 0 Å². The minimum absolute atomic E-state index is 0.0519. The molecule has 1 aromatic carbocycles. The highest BCUT2D eigenvalue weighted by atomic mass is 32.2. The van der Waals surface area contributed by atoms with Crippen LogP contribution in [0.25, 0.3) is 0 Å². The van der Waals surface area contributed by atoms with Gasteiger partial charge in [-0.25, -0.2) is 4.79 Å². The summed E-state index contributed by atoms with van der Waals surface area (Å²) in [5, 5.41) is 7.58. The first kappa shape index (κ1) is 41.9. The van der Waals surface area contributed by atoms with Gasteiger partial charge in [0.1, 0.15) is 25.3 Å². The maximum Gasteiger partial charge on any atom is 0.367 e. The van der Waals surface area contributed by atoms with Gasteiger partial charge in [0.25, 0.3) is 21.9 Å². The number of nitrogens with one attached hydrogen (secondary N) is 3. The summed E-state index contributed by atoms with van der Waals surface area (Å²) in [6, 6.07) is 2.88. The van der Waals surface area contributed by atoms with Crippen molar-refractivity contribution in [2.45, 2.75) is 71.6 Å². The second-order valence-corrected chi connectivity index (χ2v) is 13.9. The number of carbonyl (C=O) groups excluding carboxylic acids is 6. The Morgan fingerprint density at radius 2 is 1.68 bits per heavy atom. The molecular weight excluding hydrogens is 693 g/mol. The van der Waals surface area contributed by atoms with E-state index in [1.165, 1.54) is 19.1 Å². The fourth-order valence-electron chi connectivity index (χ4n) is 4.47. The van der Waals surface area contributed by atoms with Gasteiger partial charge in [-0.2, -0.15) is 8.42 Å². The van der Waals surface area contributed by atoms with E-state index in [1.807, 2.05) is 0 Å². The molecule has 50 heavy (non-hydrogen) atoms. The van der Waals surface area contributed by atoms with Gasteiger partial charge >= 0.3 is 5.30 Å². The molecule has 2 atom stereocenters. The summed E-state index contributed by atoms with van der Waals surface area (Å²) >= 11 is 0.902. The van der Waals surface area contributed by atoms with E-state index >= 15 is 0 Å². The molecule has 274 valence electrons. The molecule has 0 unspecified atom stereocenters. The zero-order valence-electron chi connectivity index (χ0n) is 28.5. The predicted molar refractivity (Wildman–Crippen MR) is 186 cm³/mol. The lowest BCUT2D eigenvalue weighted by Crippen LogP contribution is -2.53. The number of imide groups is 1. The second kappa shape index (κ2) is 21.1. The molecule has 1 aromatic rings. The van der Waals surface area contributed by atoms with Gasteiger partial charge in [-0.3, -0.25) is 33.4 Å². The Morgan fingerprint density at radius 1 is 0.980 bits per heavy atom. The maximum atomic E-state index is 13.1. The fourth-order valence-corrected chi connectivity index (χ4v) is 5.13. The third-order valence-electron chi connectivity index (χ3n) is 7.18. The first-order valence-corrected chi connectivity index (χ1v) is 18.7. The molecule has 2 rings (SSSR count). The summed E-state index contributed by atoms with van der Waals surface area (Å²) < 4.78 is 40.9. The Labute approximate surface area is 296 Å². The van der Waals surface area contributed by atoms with Crippen molar-refractivity contribution in [1.29, 1.82) is 0 Å². The minimum atomic E-state index is -4.08. The number of rotatable bonds is 19. The van der Waals surface area contributed by atoms with Crippen LogP contribution in [0.3, 0.4) is 0 Å². The molecule has 1 aliphatic heterocycles. The Bertz CT molecular complexity index is 1580. The predicted octanol–water partition coefficient (Wildman–Crippen LogP) is 2.40. The monoisotopic (exact) mass is 736 g/mol. The number of ether oxygens (including phenoxy) is 2. The van der Waals surface area contributed by atoms with Gasteiger partial charge in [0, 0.05) is 48.5 Å². The molecule has 17 heteroatoms. The molecule has 0 aliphatic carbocycles. The number of carbonyl (C=O) groups is 6. The molecule has 15 nitrogen and oxygen atoms in total. The van der Waals surface area contributed by atoms with E-state index in [0.29, 0.717) is 36.1 Å². The fraction of sp³-hybridized carbons (Fsp3) is 0.515. The zero-order valence-corrected chi connectivity index (χ0v) is 30.1. The molecule has 0 spiro atoms. The minimum Gasteiger partial charge on any atom is -0.453 e. The molecular formula is C33H44N4O11S2. The number of hydrogen-bond donors (Lipinski definition) is 4. The van der Waals surface area contributed by atoms with E-state index in [4.69, 9.17) is 14.0 Å². The molecule has 0 saturated heterocycles. The van der Waals surface area contributed by atoms with Gasteiger partial charge < -0.3 is 25.4 Å². The molecule has 4 N–H and O–H groups in total. The molecule has 1 heterocycles. The smallest absolute Gasteiger partial charge is 0.367 e. The van der Waals surface area contributed by atoms with Crippen LogP contribution in [0.4, 0.5) is 10.5 Å². The van der Waals surface area contributed by atoms with Crippen LogP contribution in [0.5, 0.6) is 0 Å². The van der Waals surface area contributed by atoms with Crippen molar-refractivity contribution in [3.63, 3.8) is 0 Å². The van der Waals surface area contributed by atoms with Crippen molar-refractivity contribution >= 4 is 62.4 Å². The van der Waals surface area contributed by atoms with Crippen molar-refractivity contribution in [3.8, 4) is 11.8 Å². The maximum absolute atomic E-state index is 13.1. The van der Waals surface area contributed by atoms with E-state index in [2.05, 4.69) is 27.8 Å². The Kier molecular flexibility index (Phi) is 17.7. The van der Waals surface area contributed by atoms with Gasteiger partial charge in [-0.05, 0) is 62.3 Å². The van der Waals surface area contributed by atoms with Crippen molar-refractivity contribution in [2.24, 2.45) is 5.92 Å². The zero-order chi connectivity index (χ0) is 37.3. The average Bonchev–Trinajstić information content (AvgIpc) is 3.37. The number of amides is 5. The molecule has 5 amide bonds. The van der Waals surface area contributed by atoms with E-state index in [9.17, 15) is 37.2 Å². The van der Waals surface area contributed by atoms with Crippen molar-refractivity contribution in [1.82, 2.24) is 15.5 Å².